The van der Waals surface area contributed by atoms with E-state index in [2.05, 4.69) is 4.90 Å². The van der Waals surface area contributed by atoms with E-state index in [-0.39, 0.29) is 17.6 Å². The van der Waals surface area contributed by atoms with Crippen LogP contribution in [-0.2, 0) is 9.53 Å². The van der Waals surface area contributed by atoms with Gasteiger partial charge in [-0.3, -0.25) is 9.69 Å². The summed E-state index contributed by atoms with van der Waals surface area (Å²) in [4.78, 5) is 17.6. The number of hydrogen-bond acceptors (Lipinski definition) is 3. The SMILES string of the molecule is O=C(CC(c1ccccc1)c1ccccc1F)N1CCC(N2CCOCC2)CC1. The Morgan fingerprint density at radius 1 is 0.966 bits per heavy atom. The molecule has 2 aromatic rings. The normalized spacial score (nSPS) is 19.8. The fourth-order valence-electron chi connectivity index (χ4n) is 4.58. The third-order valence-corrected chi connectivity index (χ3v) is 6.24. The van der Waals surface area contributed by atoms with Crippen LogP contribution in [0.25, 0.3) is 0 Å². The Balaban J connectivity index is 1.43. The van der Waals surface area contributed by atoms with Crippen molar-refractivity contribution >= 4 is 5.91 Å². The molecule has 0 aliphatic carbocycles. The molecule has 2 aliphatic rings. The van der Waals surface area contributed by atoms with Gasteiger partial charge in [-0.15, -0.1) is 0 Å². The number of ether oxygens (including phenoxy) is 1. The molecule has 1 atom stereocenters. The molecule has 29 heavy (non-hydrogen) atoms. The number of likely N-dealkylation sites (tertiary alicyclic amines) is 1. The molecule has 2 saturated heterocycles. The quantitative estimate of drug-likeness (QED) is 0.773. The van der Waals surface area contributed by atoms with Crippen LogP contribution < -0.4 is 0 Å². The van der Waals surface area contributed by atoms with Gasteiger partial charge in [0.25, 0.3) is 0 Å². The van der Waals surface area contributed by atoms with E-state index in [1.165, 1.54) is 6.07 Å². The molecule has 2 aliphatic heterocycles. The van der Waals surface area contributed by atoms with Gasteiger partial charge in [0.2, 0.25) is 5.91 Å². The van der Waals surface area contributed by atoms with Gasteiger partial charge in [0.05, 0.1) is 13.2 Å². The third-order valence-electron chi connectivity index (χ3n) is 6.24. The first-order valence-electron chi connectivity index (χ1n) is 10.6. The second-order valence-corrected chi connectivity index (χ2v) is 7.95. The number of carbonyl (C=O) groups is 1. The lowest BCUT2D eigenvalue weighted by molar-refractivity contribution is -0.133. The van der Waals surface area contributed by atoms with Gasteiger partial charge in [-0.1, -0.05) is 48.5 Å². The molecule has 0 saturated carbocycles. The van der Waals surface area contributed by atoms with Crippen LogP contribution in [0, 0.1) is 5.82 Å². The van der Waals surface area contributed by atoms with Crippen molar-refractivity contribution in [2.24, 2.45) is 0 Å². The van der Waals surface area contributed by atoms with Gasteiger partial charge in [-0.05, 0) is 30.0 Å². The third kappa shape index (κ3) is 4.85. The van der Waals surface area contributed by atoms with Crippen molar-refractivity contribution in [1.82, 2.24) is 9.80 Å². The van der Waals surface area contributed by atoms with E-state index < -0.39 is 0 Å². The Kier molecular flexibility index (Phi) is 6.57. The summed E-state index contributed by atoms with van der Waals surface area (Å²) in [5.74, 6) is -0.399. The van der Waals surface area contributed by atoms with Gasteiger partial charge in [0.15, 0.2) is 0 Å². The topological polar surface area (TPSA) is 32.8 Å². The molecular weight excluding hydrogens is 367 g/mol. The minimum atomic E-state index is -0.262. The molecule has 154 valence electrons. The van der Waals surface area contributed by atoms with Gasteiger partial charge in [-0.2, -0.15) is 0 Å². The predicted octanol–water partition coefficient (Wildman–Crippen LogP) is 3.67. The van der Waals surface area contributed by atoms with Crippen molar-refractivity contribution in [2.75, 3.05) is 39.4 Å². The summed E-state index contributed by atoms with van der Waals surface area (Å²) in [5.41, 5.74) is 1.57. The lowest BCUT2D eigenvalue weighted by atomic mass is 9.87. The van der Waals surface area contributed by atoms with E-state index in [4.69, 9.17) is 4.74 Å². The van der Waals surface area contributed by atoms with Crippen molar-refractivity contribution in [2.45, 2.75) is 31.2 Å². The molecule has 4 nitrogen and oxygen atoms in total. The Bertz CT molecular complexity index is 800. The van der Waals surface area contributed by atoms with Gasteiger partial charge in [0.1, 0.15) is 5.82 Å². The summed E-state index contributed by atoms with van der Waals surface area (Å²) < 4.78 is 20.0. The number of piperidine rings is 1. The fraction of sp³-hybridized carbons (Fsp3) is 0.458. The van der Waals surface area contributed by atoms with E-state index in [0.29, 0.717) is 18.0 Å². The standard InChI is InChI=1S/C24H29FN2O2/c25-23-9-5-4-8-21(23)22(19-6-2-1-3-7-19)18-24(28)27-12-10-20(11-13-27)26-14-16-29-17-15-26/h1-9,20,22H,10-18H2. The van der Waals surface area contributed by atoms with Crippen LogP contribution in [-0.4, -0.2) is 61.1 Å². The average Bonchev–Trinajstić information content (AvgIpc) is 2.79. The van der Waals surface area contributed by atoms with Gasteiger partial charge in [0, 0.05) is 44.6 Å². The lowest BCUT2D eigenvalue weighted by Crippen LogP contribution is -2.50. The average molecular weight is 397 g/mol. The first kappa shape index (κ1) is 20.0. The maximum absolute atomic E-state index is 14.5. The first-order chi connectivity index (χ1) is 14.2. The monoisotopic (exact) mass is 396 g/mol. The fourth-order valence-corrected chi connectivity index (χ4v) is 4.58. The minimum absolute atomic E-state index is 0.113. The smallest absolute Gasteiger partial charge is 0.223 e. The highest BCUT2D eigenvalue weighted by atomic mass is 19.1. The first-order valence-corrected chi connectivity index (χ1v) is 10.6. The minimum Gasteiger partial charge on any atom is -0.379 e. The highest BCUT2D eigenvalue weighted by Crippen LogP contribution is 2.31. The van der Waals surface area contributed by atoms with Crippen LogP contribution >= 0.6 is 0 Å². The Morgan fingerprint density at radius 3 is 2.31 bits per heavy atom. The number of benzene rings is 2. The van der Waals surface area contributed by atoms with Crippen LogP contribution in [0.4, 0.5) is 4.39 Å². The number of hydrogen-bond donors (Lipinski definition) is 0. The number of amides is 1. The number of rotatable bonds is 5. The maximum Gasteiger partial charge on any atom is 0.223 e. The summed E-state index contributed by atoms with van der Waals surface area (Å²) in [5, 5.41) is 0. The highest BCUT2D eigenvalue weighted by Gasteiger charge is 2.30. The van der Waals surface area contributed by atoms with Crippen molar-refractivity contribution in [3.8, 4) is 0 Å². The van der Waals surface area contributed by atoms with E-state index in [9.17, 15) is 9.18 Å². The van der Waals surface area contributed by atoms with Crippen molar-refractivity contribution in [3.63, 3.8) is 0 Å². The Labute approximate surface area is 172 Å². The molecule has 2 fully saturated rings. The van der Waals surface area contributed by atoms with Gasteiger partial charge >= 0.3 is 0 Å². The van der Waals surface area contributed by atoms with E-state index in [1.54, 1.807) is 12.1 Å². The summed E-state index contributed by atoms with van der Waals surface area (Å²) in [6.07, 6.45) is 2.30. The predicted molar refractivity (Wildman–Crippen MR) is 111 cm³/mol. The molecule has 0 N–H and O–H groups in total. The molecule has 1 amide bonds. The van der Waals surface area contributed by atoms with Crippen molar-refractivity contribution in [1.29, 1.82) is 0 Å². The molecule has 4 rings (SSSR count). The van der Waals surface area contributed by atoms with E-state index in [0.717, 1.165) is 57.8 Å². The van der Waals surface area contributed by atoms with Crippen LogP contribution in [0.1, 0.15) is 36.3 Å². The number of halogens is 1. The highest BCUT2D eigenvalue weighted by molar-refractivity contribution is 5.78. The molecular formula is C24H29FN2O2. The lowest BCUT2D eigenvalue weighted by Gasteiger charge is -2.40. The number of morpholine rings is 1. The molecule has 0 spiro atoms. The zero-order valence-electron chi connectivity index (χ0n) is 16.8. The molecule has 0 aromatic heterocycles. The van der Waals surface area contributed by atoms with Gasteiger partial charge in [-0.25, -0.2) is 4.39 Å². The second kappa shape index (κ2) is 9.51. The van der Waals surface area contributed by atoms with Crippen molar-refractivity contribution < 1.29 is 13.9 Å². The second-order valence-electron chi connectivity index (χ2n) is 7.95. The van der Waals surface area contributed by atoms with Crippen LogP contribution in [0.2, 0.25) is 0 Å². The Morgan fingerprint density at radius 2 is 1.62 bits per heavy atom. The summed E-state index contributed by atoms with van der Waals surface area (Å²) >= 11 is 0. The molecule has 2 heterocycles. The number of carbonyl (C=O) groups excluding carboxylic acids is 1. The molecule has 2 aromatic carbocycles. The zero-order valence-corrected chi connectivity index (χ0v) is 16.8. The van der Waals surface area contributed by atoms with Crippen LogP contribution in [0.5, 0.6) is 0 Å². The molecule has 0 radical (unpaired) electrons. The van der Waals surface area contributed by atoms with E-state index in [1.807, 2.05) is 41.3 Å². The molecule has 0 bridgehead atoms. The zero-order chi connectivity index (χ0) is 20.1. The summed E-state index contributed by atoms with van der Waals surface area (Å²) in [6, 6.07) is 17.1. The number of nitrogens with zero attached hydrogens (tertiary/aromatic N) is 2. The van der Waals surface area contributed by atoms with Crippen LogP contribution in [0.15, 0.2) is 54.6 Å². The largest absolute Gasteiger partial charge is 0.379 e. The Hall–Kier alpha value is -2.24. The van der Waals surface area contributed by atoms with Crippen molar-refractivity contribution in [3.05, 3.63) is 71.5 Å². The van der Waals surface area contributed by atoms with Crippen LogP contribution in [0.3, 0.4) is 0 Å². The van der Waals surface area contributed by atoms with Gasteiger partial charge < -0.3 is 9.64 Å². The van der Waals surface area contributed by atoms with E-state index >= 15 is 0 Å². The maximum atomic E-state index is 14.5. The molecule has 5 heteroatoms. The summed E-state index contributed by atoms with van der Waals surface area (Å²) in [7, 11) is 0. The molecule has 1 unspecified atom stereocenters. The summed E-state index contributed by atoms with van der Waals surface area (Å²) in [6.45, 7) is 5.14.